The maximum absolute atomic E-state index is 10.7. The van der Waals surface area contributed by atoms with Gasteiger partial charge in [0.25, 0.3) is 0 Å². The molecule has 0 amide bonds. The van der Waals surface area contributed by atoms with Crippen molar-refractivity contribution < 1.29 is 19.8 Å². The molecule has 1 unspecified atom stereocenters. The number of carboxylic acids is 2. The van der Waals surface area contributed by atoms with E-state index < -0.39 is 24.3 Å². The van der Waals surface area contributed by atoms with Gasteiger partial charge in [0.2, 0.25) is 0 Å². The zero-order valence-electron chi connectivity index (χ0n) is 13.1. The zero-order chi connectivity index (χ0) is 15.2. The van der Waals surface area contributed by atoms with E-state index in [1.807, 2.05) is 0 Å². The van der Waals surface area contributed by atoms with Crippen LogP contribution in [0.4, 0.5) is 0 Å². The summed E-state index contributed by atoms with van der Waals surface area (Å²) in [7, 11) is 0. The maximum Gasteiger partial charge on any atom is 2.00 e. The third-order valence-corrected chi connectivity index (χ3v) is 3.28. The minimum atomic E-state index is -1.36. The van der Waals surface area contributed by atoms with Crippen LogP contribution in [-0.4, -0.2) is 49.7 Å². The van der Waals surface area contributed by atoms with Crippen LogP contribution >= 0.6 is 0 Å². The molecule has 1 atom stereocenters. The van der Waals surface area contributed by atoms with Crippen molar-refractivity contribution in [2.75, 3.05) is 0 Å². The van der Waals surface area contributed by atoms with Crippen molar-refractivity contribution in [2.24, 2.45) is 5.92 Å². The summed E-state index contributed by atoms with van der Waals surface area (Å²) >= 11 is 0. The SMILES string of the molecule is CCCCCCCCCCC=CC(CC(=O)[O-])C(=O)[O-].[Ca+2]. The van der Waals surface area contributed by atoms with Gasteiger partial charge >= 0.3 is 37.7 Å². The van der Waals surface area contributed by atoms with Crippen molar-refractivity contribution >= 4 is 49.7 Å². The van der Waals surface area contributed by atoms with E-state index in [-0.39, 0.29) is 37.7 Å². The molecule has 0 rings (SSSR count). The number of carbonyl (C=O) groups is 2. The summed E-state index contributed by atoms with van der Waals surface area (Å²) in [5.74, 6) is -3.80. The summed E-state index contributed by atoms with van der Waals surface area (Å²) in [4.78, 5) is 21.0. The number of hydrogen-bond donors (Lipinski definition) is 0. The molecule has 0 aliphatic heterocycles. The van der Waals surface area contributed by atoms with Crippen molar-refractivity contribution in [3.8, 4) is 0 Å². The van der Waals surface area contributed by atoms with E-state index in [4.69, 9.17) is 0 Å². The quantitative estimate of drug-likeness (QED) is 0.290. The van der Waals surface area contributed by atoms with E-state index in [2.05, 4.69) is 6.92 Å². The number of carboxylic acid groups (broad SMARTS) is 2. The van der Waals surface area contributed by atoms with Gasteiger partial charge in [0.1, 0.15) is 0 Å². The van der Waals surface area contributed by atoms with E-state index >= 15 is 0 Å². The second-order valence-electron chi connectivity index (χ2n) is 5.19. The molecule has 0 aromatic rings. The number of hydrogen-bond acceptors (Lipinski definition) is 4. The minimum absolute atomic E-state index is 0. The molecular weight excluding hydrogens is 296 g/mol. The third-order valence-electron chi connectivity index (χ3n) is 3.28. The smallest absolute Gasteiger partial charge is 0.550 e. The Balaban J connectivity index is 0. The van der Waals surface area contributed by atoms with E-state index in [1.54, 1.807) is 6.08 Å². The second-order valence-corrected chi connectivity index (χ2v) is 5.19. The molecule has 116 valence electrons. The van der Waals surface area contributed by atoms with E-state index in [9.17, 15) is 19.8 Å². The molecule has 0 bridgehead atoms. The molecule has 5 heteroatoms. The van der Waals surface area contributed by atoms with Gasteiger partial charge in [-0.3, -0.25) is 0 Å². The number of aliphatic carboxylic acids is 2. The van der Waals surface area contributed by atoms with Crippen LogP contribution in [0.25, 0.3) is 0 Å². The Morgan fingerprint density at radius 2 is 1.48 bits per heavy atom. The van der Waals surface area contributed by atoms with Crippen LogP contribution in [0, 0.1) is 5.92 Å². The summed E-state index contributed by atoms with van der Waals surface area (Å²) in [6.45, 7) is 2.20. The molecule has 0 N–H and O–H groups in total. The fourth-order valence-corrected chi connectivity index (χ4v) is 2.07. The van der Waals surface area contributed by atoms with Gasteiger partial charge in [-0.25, -0.2) is 0 Å². The van der Waals surface area contributed by atoms with Crippen LogP contribution in [0.2, 0.25) is 0 Å². The molecule has 0 aromatic heterocycles. The summed E-state index contributed by atoms with van der Waals surface area (Å²) in [5.41, 5.74) is 0. The Morgan fingerprint density at radius 1 is 0.952 bits per heavy atom. The summed E-state index contributed by atoms with van der Waals surface area (Å²) in [6, 6.07) is 0. The fourth-order valence-electron chi connectivity index (χ4n) is 2.07. The average molecular weight is 322 g/mol. The van der Waals surface area contributed by atoms with Gasteiger partial charge in [-0.15, -0.1) is 0 Å². The van der Waals surface area contributed by atoms with Crippen LogP contribution in [0.15, 0.2) is 12.2 Å². The van der Waals surface area contributed by atoms with Gasteiger partial charge in [-0.2, -0.15) is 0 Å². The predicted molar refractivity (Wildman–Crippen MR) is 80.2 cm³/mol. The van der Waals surface area contributed by atoms with Gasteiger partial charge in [0.15, 0.2) is 0 Å². The average Bonchev–Trinajstić information content (AvgIpc) is 2.39. The molecule has 0 aliphatic carbocycles. The van der Waals surface area contributed by atoms with Gasteiger partial charge in [-0.1, -0.05) is 64.0 Å². The summed E-state index contributed by atoms with van der Waals surface area (Å²) in [6.07, 6.45) is 13.2. The summed E-state index contributed by atoms with van der Waals surface area (Å²) in [5, 5.41) is 21.0. The van der Waals surface area contributed by atoms with Crippen molar-refractivity contribution in [1.29, 1.82) is 0 Å². The monoisotopic (exact) mass is 322 g/mol. The topological polar surface area (TPSA) is 80.3 Å². The van der Waals surface area contributed by atoms with Gasteiger partial charge < -0.3 is 19.8 Å². The molecule has 4 nitrogen and oxygen atoms in total. The van der Waals surface area contributed by atoms with Crippen LogP contribution in [-0.2, 0) is 9.59 Å². The minimum Gasteiger partial charge on any atom is -0.550 e. The maximum atomic E-state index is 10.7. The van der Waals surface area contributed by atoms with Crippen LogP contribution in [0.1, 0.15) is 71.1 Å². The molecule has 0 spiro atoms. The van der Waals surface area contributed by atoms with E-state index in [1.165, 1.54) is 44.6 Å². The Kier molecular flexibility index (Phi) is 18.0. The summed E-state index contributed by atoms with van der Waals surface area (Å²) < 4.78 is 0. The van der Waals surface area contributed by atoms with Crippen molar-refractivity contribution in [3.63, 3.8) is 0 Å². The van der Waals surface area contributed by atoms with E-state index in [0.717, 1.165) is 19.3 Å². The van der Waals surface area contributed by atoms with Gasteiger partial charge in [0, 0.05) is 17.9 Å². The Labute approximate surface area is 158 Å². The normalized spacial score (nSPS) is 12.0. The largest absolute Gasteiger partial charge is 2.00 e. The fraction of sp³-hybridized carbons (Fsp3) is 0.750. The predicted octanol–water partition coefficient (Wildman–Crippen LogP) is 1.20. The first-order valence-corrected chi connectivity index (χ1v) is 7.65. The molecule has 21 heavy (non-hydrogen) atoms. The second kappa shape index (κ2) is 16.3. The Morgan fingerprint density at radius 3 is 1.95 bits per heavy atom. The molecule has 0 aromatic carbocycles. The number of unbranched alkanes of at least 4 members (excludes halogenated alkanes) is 8. The Hall–Kier alpha value is -0.0603. The van der Waals surface area contributed by atoms with Crippen LogP contribution in [0.3, 0.4) is 0 Å². The zero-order valence-corrected chi connectivity index (χ0v) is 15.4. The van der Waals surface area contributed by atoms with Crippen molar-refractivity contribution in [2.45, 2.75) is 71.1 Å². The first kappa shape index (κ1) is 23.2. The molecule has 0 heterocycles. The first-order valence-electron chi connectivity index (χ1n) is 7.65. The van der Waals surface area contributed by atoms with Crippen LogP contribution in [0.5, 0.6) is 0 Å². The van der Waals surface area contributed by atoms with Gasteiger partial charge in [0.05, 0.1) is 0 Å². The van der Waals surface area contributed by atoms with Crippen LogP contribution < -0.4 is 10.2 Å². The first-order chi connectivity index (χ1) is 9.57. The van der Waals surface area contributed by atoms with Gasteiger partial charge in [-0.05, 0) is 19.3 Å². The molecular formula is C16H26CaO4. The molecule has 0 fully saturated rings. The molecule has 0 saturated heterocycles. The number of carbonyl (C=O) groups excluding carboxylic acids is 2. The number of rotatable bonds is 13. The molecule has 0 saturated carbocycles. The van der Waals surface area contributed by atoms with Crippen molar-refractivity contribution in [1.82, 2.24) is 0 Å². The van der Waals surface area contributed by atoms with E-state index in [0.29, 0.717) is 0 Å². The molecule has 0 aliphatic rings. The molecule has 0 radical (unpaired) electrons. The standard InChI is InChI=1S/C16H28O4.Ca/c1-2-3-4-5-6-7-8-9-10-11-12-14(16(19)20)13-15(17)18;/h11-12,14H,2-10,13H2,1H3,(H,17,18)(H,19,20);/q;+2/p-2. The Bertz CT molecular complexity index is 303. The van der Waals surface area contributed by atoms with Crippen molar-refractivity contribution in [3.05, 3.63) is 12.2 Å². The third kappa shape index (κ3) is 16.1. The number of allylic oxidation sites excluding steroid dienone is 1.